The Morgan fingerprint density at radius 2 is 0.948 bits per heavy atom. The van der Waals surface area contributed by atoms with Gasteiger partial charge in [0.2, 0.25) is 0 Å². The first-order valence-corrected chi connectivity index (χ1v) is 22.1. The van der Waals surface area contributed by atoms with E-state index in [-0.39, 0.29) is 0 Å². The number of hydrogen-bond donors (Lipinski definition) is 0. The minimum atomic E-state index is -2.64. The van der Waals surface area contributed by atoms with Crippen molar-refractivity contribution < 1.29 is 0 Å². The Bertz CT molecular complexity index is 2740. The summed E-state index contributed by atoms with van der Waals surface area (Å²) in [7, 11) is -2.64. The molecule has 1 heterocycles. The number of allylic oxidation sites excluding steroid dienone is 4. The maximum Gasteiger partial charge on any atom is 0.179 e. The number of nitrogens with zero attached hydrogens (tertiary/aromatic N) is 1. The molecule has 1 unspecified atom stereocenters. The number of para-hydroxylation sites is 2. The first-order valence-electron chi connectivity index (χ1n) is 20.1. The normalized spacial score (nSPS) is 15.6. The topological polar surface area (TPSA) is 3.24 Å². The van der Waals surface area contributed by atoms with E-state index in [9.17, 15) is 0 Å². The summed E-state index contributed by atoms with van der Waals surface area (Å²) in [6, 6.07) is 78.9. The van der Waals surface area contributed by atoms with E-state index in [1.807, 2.05) is 6.08 Å². The Kier molecular flexibility index (Phi) is 8.85. The molecular weight excluding hydrogens is 715 g/mol. The Hall–Kier alpha value is -7.00. The molecule has 0 bridgehead atoms. The standard InChI is InChI=1S/C56H43NSi/c1-3-4-32-54-41(2)56(52-31-19-20-33-55(52)57(54)44-21-9-5-10-22-44)51-30-18-17-29-49(51)50-39-36-43(40-53(50)56)42-34-37-48(38-35-42)58(45-23-11-6-12-24-45,46-25-13-7-14-26-46)47-27-15-8-16-28-47/h3-40H,1H2,2H3/b32-4-. The summed E-state index contributed by atoms with van der Waals surface area (Å²) < 4.78 is 0. The van der Waals surface area contributed by atoms with Gasteiger partial charge in [0.25, 0.3) is 0 Å². The van der Waals surface area contributed by atoms with Crippen LogP contribution in [0.2, 0.25) is 0 Å². The SMILES string of the molecule is C=C/C=C\C1=C(C)C2(c3ccccc3-c3ccc(-c4ccc([Si](c5ccccc5)(c5ccccc5)c5ccccc5)cc4)cc32)c2ccccc2N1c1ccccc1. The largest absolute Gasteiger partial charge is 0.310 e. The Balaban J connectivity index is 1.18. The third-order valence-electron chi connectivity index (χ3n) is 12.5. The molecular formula is C56H43NSi. The summed E-state index contributed by atoms with van der Waals surface area (Å²) >= 11 is 0. The highest BCUT2D eigenvalue weighted by Gasteiger charge is 2.51. The summed E-state index contributed by atoms with van der Waals surface area (Å²) in [5, 5.41) is 5.49. The van der Waals surface area contributed by atoms with Gasteiger partial charge in [-0.3, -0.25) is 0 Å². The van der Waals surface area contributed by atoms with E-state index in [0.29, 0.717) is 0 Å². The minimum Gasteiger partial charge on any atom is -0.310 e. The van der Waals surface area contributed by atoms with E-state index in [1.165, 1.54) is 71.0 Å². The van der Waals surface area contributed by atoms with Crippen molar-refractivity contribution in [2.45, 2.75) is 12.3 Å². The maximum absolute atomic E-state index is 4.07. The fraction of sp³-hybridized carbons (Fsp3) is 0.0357. The first-order chi connectivity index (χ1) is 28.7. The molecule has 0 amide bonds. The molecule has 0 radical (unpaired) electrons. The number of benzene rings is 8. The summed E-state index contributed by atoms with van der Waals surface area (Å²) in [4.78, 5) is 2.42. The third kappa shape index (κ3) is 5.30. The van der Waals surface area contributed by atoms with Crippen LogP contribution in [0, 0.1) is 0 Å². The lowest BCUT2D eigenvalue weighted by molar-refractivity contribution is 0.717. The summed E-state index contributed by atoms with van der Waals surface area (Å²) in [5.74, 6) is 0. The van der Waals surface area contributed by atoms with Crippen LogP contribution in [-0.2, 0) is 5.41 Å². The smallest absolute Gasteiger partial charge is 0.179 e. The van der Waals surface area contributed by atoms with Crippen molar-refractivity contribution in [1.29, 1.82) is 0 Å². The Morgan fingerprint density at radius 3 is 1.55 bits per heavy atom. The van der Waals surface area contributed by atoms with E-state index in [1.54, 1.807) is 0 Å². The number of anilines is 2. The van der Waals surface area contributed by atoms with Gasteiger partial charge in [-0.15, -0.1) is 0 Å². The Labute approximate surface area is 343 Å². The van der Waals surface area contributed by atoms with Crippen LogP contribution >= 0.6 is 0 Å². The fourth-order valence-electron chi connectivity index (χ4n) is 10.0. The molecule has 0 saturated heterocycles. The average molecular weight is 758 g/mol. The zero-order chi connectivity index (χ0) is 39.1. The zero-order valence-corrected chi connectivity index (χ0v) is 33.6. The minimum absolute atomic E-state index is 0.499. The zero-order valence-electron chi connectivity index (χ0n) is 32.6. The molecule has 58 heavy (non-hydrogen) atoms. The predicted molar refractivity (Wildman–Crippen MR) is 248 cm³/mol. The molecule has 276 valence electrons. The molecule has 1 aliphatic heterocycles. The first kappa shape index (κ1) is 35.4. The monoisotopic (exact) mass is 757 g/mol. The number of hydrogen-bond acceptors (Lipinski definition) is 1. The van der Waals surface area contributed by atoms with Gasteiger partial charge in [0.1, 0.15) is 0 Å². The van der Waals surface area contributed by atoms with Gasteiger partial charge in [0.15, 0.2) is 8.07 Å². The molecule has 8 aromatic rings. The van der Waals surface area contributed by atoms with Crippen LogP contribution in [0.4, 0.5) is 11.4 Å². The van der Waals surface area contributed by atoms with Crippen LogP contribution in [0.25, 0.3) is 22.3 Å². The predicted octanol–water partition coefficient (Wildman–Crippen LogP) is 11.2. The summed E-state index contributed by atoms with van der Waals surface area (Å²) in [6.07, 6.45) is 6.18. The van der Waals surface area contributed by atoms with E-state index in [4.69, 9.17) is 0 Å². The van der Waals surface area contributed by atoms with Gasteiger partial charge in [-0.1, -0.05) is 207 Å². The number of fused-ring (bicyclic) bond motifs is 7. The highest BCUT2D eigenvalue weighted by molar-refractivity contribution is 7.19. The van der Waals surface area contributed by atoms with Crippen molar-refractivity contribution >= 4 is 40.2 Å². The van der Waals surface area contributed by atoms with E-state index >= 15 is 0 Å². The van der Waals surface area contributed by atoms with Crippen molar-refractivity contribution in [2.24, 2.45) is 0 Å². The average Bonchev–Trinajstić information content (AvgIpc) is 3.59. The third-order valence-corrected chi connectivity index (χ3v) is 17.3. The van der Waals surface area contributed by atoms with Crippen LogP contribution in [0.5, 0.6) is 0 Å². The van der Waals surface area contributed by atoms with Gasteiger partial charge in [-0.2, -0.15) is 0 Å². The van der Waals surface area contributed by atoms with Gasteiger partial charge in [0.05, 0.1) is 11.1 Å². The van der Waals surface area contributed by atoms with Crippen LogP contribution < -0.4 is 25.6 Å². The molecule has 0 saturated carbocycles. The van der Waals surface area contributed by atoms with Gasteiger partial charge in [-0.05, 0) is 103 Å². The van der Waals surface area contributed by atoms with Gasteiger partial charge >= 0.3 is 0 Å². The molecule has 1 spiro atoms. The lowest BCUT2D eigenvalue weighted by atomic mass is 9.64. The lowest BCUT2D eigenvalue weighted by Crippen LogP contribution is -2.74. The molecule has 0 aromatic heterocycles. The van der Waals surface area contributed by atoms with E-state index < -0.39 is 13.5 Å². The van der Waals surface area contributed by atoms with Crippen LogP contribution in [0.15, 0.2) is 248 Å². The van der Waals surface area contributed by atoms with Crippen molar-refractivity contribution in [3.8, 4) is 22.3 Å². The second kappa shape index (κ2) is 14.5. The molecule has 2 heteroatoms. The molecule has 0 N–H and O–H groups in total. The highest BCUT2D eigenvalue weighted by atomic mass is 28.3. The molecule has 8 aromatic carbocycles. The Morgan fingerprint density at radius 1 is 0.466 bits per heavy atom. The molecule has 1 aliphatic carbocycles. The van der Waals surface area contributed by atoms with Crippen molar-refractivity contribution in [3.63, 3.8) is 0 Å². The van der Waals surface area contributed by atoms with Gasteiger partial charge in [-0.25, -0.2) is 0 Å². The van der Waals surface area contributed by atoms with Crippen LogP contribution in [0.3, 0.4) is 0 Å². The van der Waals surface area contributed by atoms with Crippen molar-refractivity contribution in [2.75, 3.05) is 4.90 Å². The van der Waals surface area contributed by atoms with Gasteiger partial charge < -0.3 is 4.90 Å². The van der Waals surface area contributed by atoms with E-state index in [0.717, 1.165) is 11.4 Å². The van der Waals surface area contributed by atoms with Crippen LogP contribution in [0.1, 0.15) is 23.6 Å². The fourth-order valence-corrected chi connectivity index (χ4v) is 14.8. The summed E-state index contributed by atoms with van der Waals surface area (Å²) in [5.41, 5.74) is 13.2. The van der Waals surface area contributed by atoms with Crippen molar-refractivity contribution in [1.82, 2.24) is 0 Å². The lowest BCUT2D eigenvalue weighted by Gasteiger charge is -2.45. The maximum atomic E-state index is 4.07. The van der Waals surface area contributed by atoms with Crippen molar-refractivity contribution in [3.05, 3.63) is 265 Å². The second-order valence-electron chi connectivity index (χ2n) is 15.3. The quantitative estimate of drug-likeness (QED) is 0.0848. The van der Waals surface area contributed by atoms with Crippen LogP contribution in [-0.4, -0.2) is 8.07 Å². The van der Waals surface area contributed by atoms with Gasteiger partial charge in [0, 0.05) is 11.4 Å². The molecule has 1 nitrogen and oxygen atoms in total. The number of rotatable bonds is 8. The molecule has 1 atom stereocenters. The molecule has 2 aliphatic rings. The molecule has 0 fully saturated rings. The summed E-state index contributed by atoms with van der Waals surface area (Å²) in [6.45, 7) is 6.40. The van der Waals surface area contributed by atoms with E-state index in [2.05, 4.69) is 243 Å². The highest BCUT2D eigenvalue weighted by Crippen LogP contribution is 2.62. The molecule has 10 rings (SSSR count). The second-order valence-corrected chi connectivity index (χ2v) is 19.1.